The number of ether oxygens (including phenoxy) is 1. The SMILES string of the molecule is COc1cc(CCC[SiH](C)C)ccc1O. The number of phenolic OH excluding ortho intramolecular Hbond substituents is 1. The summed E-state index contributed by atoms with van der Waals surface area (Å²) in [6, 6.07) is 6.99. The van der Waals surface area contributed by atoms with Crippen molar-refractivity contribution in [2.45, 2.75) is 32.0 Å². The minimum atomic E-state index is -0.422. The van der Waals surface area contributed by atoms with Gasteiger partial charge in [0.2, 0.25) is 0 Å². The third kappa shape index (κ3) is 3.96. The minimum absolute atomic E-state index is 0.222. The van der Waals surface area contributed by atoms with Gasteiger partial charge in [-0.05, 0) is 24.1 Å². The molecule has 0 aliphatic heterocycles. The van der Waals surface area contributed by atoms with E-state index in [1.54, 1.807) is 13.2 Å². The largest absolute Gasteiger partial charge is 0.504 e. The van der Waals surface area contributed by atoms with Gasteiger partial charge >= 0.3 is 0 Å². The number of phenols is 1. The molecule has 0 aromatic heterocycles. The van der Waals surface area contributed by atoms with Crippen LogP contribution in [0.15, 0.2) is 18.2 Å². The maximum Gasteiger partial charge on any atom is 0.160 e. The third-order valence-corrected chi connectivity index (χ3v) is 4.05. The van der Waals surface area contributed by atoms with Gasteiger partial charge < -0.3 is 9.84 Å². The summed E-state index contributed by atoms with van der Waals surface area (Å²) in [6.45, 7) is 4.74. The van der Waals surface area contributed by atoms with Gasteiger partial charge in [-0.3, -0.25) is 0 Å². The summed E-state index contributed by atoms with van der Waals surface area (Å²) in [6.07, 6.45) is 2.33. The second-order valence-corrected chi connectivity index (χ2v) is 7.66. The van der Waals surface area contributed by atoms with Crippen molar-refractivity contribution in [2.75, 3.05) is 7.11 Å². The number of hydrogen-bond acceptors (Lipinski definition) is 2. The second-order valence-electron chi connectivity index (χ2n) is 4.29. The van der Waals surface area contributed by atoms with Crippen LogP contribution in [0.5, 0.6) is 11.5 Å². The first-order valence-corrected chi connectivity index (χ1v) is 8.62. The number of benzene rings is 1. The molecule has 0 aliphatic carbocycles. The number of rotatable bonds is 5. The fourth-order valence-corrected chi connectivity index (χ4v) is 2.61. The van der Waals surface area contributed by atoms with Crippen LogP contribution in [0, 0.1) is 0 Å². The van der Waals surface area contributed by atoms with Crippen molar-refractivity contribution in [1.82, 2.24) is 0 Å². The lowest BCUT2D eigenvalue weighted by atomic mass is 10.1. The Morgan fingerprint density at radius 1 is 1.33 bits per heavy atom. The Balaban J connectivity index is 2.54. The highest BCUT2D eigenvalue weighted by molar-refractivity contribution is 6.55. The molecule has 2 nitrogen and oxygen atoms in total. The number of aryl methyl sites for hydroxylation is 1. The van der Waals surface area contributed by atoms with E-state index in [2.05, 4.69) is 13.1 Å². The number of aromatic hydroxyl groups is 1. The first-order chi connectivity index (χ1) is 7.13. The van der Waals surface area contributed by atoms with Gasteiger partial charge in [-0.1, -0.05) is 31.6 Å². The molecular weight excluding hydrogens is 204 g/mol. The minimum Gasteiger partial charge on any atom is -0.504 e. The molecule has 84 valence electrons. The average Bonchev–Trinajstić information content (AvgIpc) is 2.20. The van der Waals surface area contributed by atoms with Gasteiger partial charge in [0.15, 0.2) is 11.5 Å². The molecule has 0 aliphatic rings. The Labute approximate surface area is 93.5 Å². The van der Waals surface area contributed by atoms with Crippen LogP contribution in [-0.4, -0.2) is 21.0 Å². The first-order valence-electron chi connectivity index (χ1n) is 5.49. The van der Waals surface area contributed by atoms with E-state index >= 15 is 0 Å². The van der Waals surface area contributed by atoms with Crippen molar-refractivity contribution in [1.29, 1.82) is 0 Å². The monoisotopic (exact) mass is 224 g/mol. The predicted molar refractivity (Wildman–Crippen MR) is 66.7 cm³/mol. The van der Waals surface area contributed by atoms with Crippen LogP contribution in [0.4, 0.5) is 0 Å². The molecule has 0 atom stereocenters. The molecule has 0 saturated carbocycles. The van der Waals surface area contributed by atoms with Crippen molar-refractivity contribution < 1.29 is 9.84 Å². The average molecular weight is 224 g/mol. The fourth-order valence-electron chi connectivity index (χ4n) is 1.59. The number of hydrogen-bond donors (Lipinski definition) is 1. The van der Waals surface area contributed by atoms with Crippen LogP contribution >= 0.6 is 0 Å². The van der Waals surface area contributed by atoms with Gasteiger partial charge in [-0.15, -0.1) is 0 Å². The smallest absolute Gasteiger partial charge is 0.160 e. The molecule has 0 heterocycles. The Morgan fingerprint density at radius 3 is 2.67 bits per heavy atom. The molecule has 1 N–H and O–H groups in total. The first kappa shape index (κ1) is 12.1. The molecule has 0 radical (unpaired) electrons. The van der Waals surface area contributed by atoms with Crippen LogP contribution in [-0.2, 0) is 6.42 Å². The standard InChI is InChI=1S/C12H20O2Si/c1-14-12-9-10(6-7-11(12)13)5-4-8-15(2)3/h6-7,9,13,15H,4-5,8H2,1-3H3. The van der Waals surface area contributed by atoms with Crippen LogP contribution in [0.3, 0.4) is 0 Å². The summed E-state index contributed by atoms with van der Waals surface area (Å²) in [5.41, 5.74) is 1.25. The molecule has 0 unspecified atom stereocenters. The topological polar surface area (TPSA) is 29.5 Å². The van der Waals surface area contributed by atoms with Gasteiger partial charge in [-0.2, -0.15) is 0 Å². The molecule has 0 bridgehead atoms. The second kappa shape index (κ2) is 5.81. The van der Waals surface area contributed by atoms with Crippen molar-refractivity contribution in [3.63, 3.8) is 0 Å². The van der Waals surface area contributed by atoms with Gasteiger partial charge in [0, 0.05) is 8.80 Å². The summed E-state index contributed by atoms with van der Waals surface area (Å²) in [7, 11) is 1.16. The highest BCUT2D eigenvalue weighted by Gasteiger charge is 2.03. The quantitative estimate of drug-likeness (QED) is 0.779. The zero-order valence-electron chi connectivity index (χ0n) is 9.79. The molecule has 15 heavy (non-hydrogen) atoms. The lowest BCUT2D eigenvalue weighted by molar-refractivity contribution is 0.373. The predicted octanol–water partition coefficient (Wildman–Crippen LogP) is 2.82. The molecule has 1 aromatic carbocycles. The van der Waals surface area contributed by atoms with E-state index in [1.165, 1.54) is 18.0 Å². The van der Waals surface area contributed by atoms with E-state index in [0.29, 0.717) is 5.75 Å². The highest BCUT2D eigenvalue weighted by atomic mass is 28.3. The van der Waals surface area contributed by atoms with Crippen LogP contribution in [0.25, 0.3) is 0 Å². The van der Waals surface area contributed by atoms with Gasteiger partial charge in [0.1, 0.15) is 0 Å². The molecule has 3 heteroatoms. The maximum absolute atomic E-state index is 9.43. The molecular formula is C12H20O2Si. The van der Waals surface area contributed by atoms with E-state index < -0.39 is 8.80 Å². The summed E-state index contributed by atoms with van der Waals surface area (Å²) in [5.74, 6) is 0.800. The van der Waals surface area contributed by atoms with E-state index in [4.69, 9.17) is 4.74 Å². The van der Waals surface area contributed by atoms with Gasteiger partial charge in [-0.25, -0.2) is 0 Å². The number of methoxy groups -OCH3 is 1. The molecule has 0 fully saturated rings. The lowest BCUT2D eigenvalue weighted by Gasteiger charge is -2.07. The summed E-state index contributed by atoms with van der Waals surface area (Å²) < 4.78 is 5.07. The fraction of sp³-hybridized carbons (Fsp3) is 0.500. The van der Waals surface area contributed by atoms with Gasteiger partial charge in [0.05, 0.1) is 7.11 Å². The Morgan fingerprint density at radius 2 is 2.07 bits per heavy atom. The Hall–Kier alpha value is -0.963. The Bertz CT molecular complexity index is 310. The van der Waals surface area contributed by atoms with Crippen LogP contribution in [0.2, 0.25) is 19.1 Å². The third-order valence-electron chi connectivity index (χ3n) is 2.49. The van der Waals surface area contributed by atoms with Crippen molar-refractivity contribution in [2.24, 2.45) is 0 Å². The molecule has 0 spiro atoms. The summed E-state index contributed by atoms with van der Waals surface area (Å²) >= 11 is 0. The van der Waals surface area contributed by atoms with Gasteiger partial charge in [0.25, 0.3) is 0 Å². The molecule has 1 rings (SSSR count). The summed E-state index contributed by atoms with van der Waals surface area (Å²) in [5, 5.41) is 9.43. The van der Waals surface area contributed by atoms with E-state index in [0.717, 1.165) is 6.42 Å². The van der Waals surface area contributed by atoms with Crippen molar-refractivity contribution in [3.05, 3.63) is 23.8 Å². The normalized spacial score (nSPS) is 10.7. The molecule has 0 saturated heterocycles. The zero-order chi connectivity index (χ0) is 11.3. The Kier molecular flexibility index (Phi) is 4.69. The highest BCUT2D eigenvalue weighted by Crippen LogP contribution is 2.26. The van der Waals surface area contributed by atoms with E-state index in [-0.39, 0.29) is 5.75 Å². The molecule has 1 aromatic rings. The van der Waals surface area contributed by atoms with E-state index in [1.807, 2.05) is 12.1 Å². The van der Waals surface area contributed by atoms with Crippen LogP contribution < -0.4 is 4.74 Å². The maximum atomic E-state index is 9.43. The van der Waals surface area contributed by atoms with Crippen molar-refractivity contribution in [3.8, 4) is 11.5 Å². The molecule has 0 amide bonds. The zero-order valence-corrected chi connectivity index (χ0v) is 10.9. The lowest BCUT2D eigenvalue weighted by Crippen LogP contribution is -1.99. The van der Waals surface area contributed by atoms with Crippen molar-refractivity contribution >= 4 is 8.80 Å². The summed E-state index contributed by atoms with van der Waals surface area (Å²) in [4.78, 5) is 0. The van der Waals surface area contributed by atoms with E-state index in [9.17, 15) is 5.11 Å². The van der Waals surface area contributed by atoms with Crippen LogP contribution in [0.1, 0.15) is 12.0 Å².